The van der Waals surface area contributed by atoms with Crippen LogP contribution in [0.3, 0.4) is 0 Å². The van der Waals surface area contributed by atoms with E-state index in [1.807, 2.05) is 0 Å². The molecule has 250 valence electrons. The highest BCUT2D eigenvalue weighted by molar-refractivity contribution is 5.77. The molecule has 1 aliphatic heterocycles. The Bertz CT molecular complexity index is 1190. The number of allylic oxidation sites excluding steroid dienone is 2. The lowest BCUT2D eigenvalue weighted by Gasteiger charge is -2.71. The van der Waals surface area contributed by atoms with E-state index in [9.17, 15) is 35.4 Å². The van der Waals surface area contributed by atoms with E-state index in [4.69, 9.17) is 9.47 Å². The van der Waals surface area contributed by atoms with Crippen LogP contribution in [-0.2, 0) is 14.3 Å². The largest absolute Gasteiger partial charge is 0.481 e. The first-order chi connectivity index (χ1) is 20.4. The zero-order chi connectivity index (χ0) is 32.3. The maximum Gasteiger partial charge on any atom is 0.312 e. The molecule has 5 fully saturated rings. The lowest BCUT2D eigenvalue weighted by molar-refractivity contribution is -0.313. The van der Waals surface area contributed by atoms with Crippen LogP contribution in [-0.4, -0.2) is 86.6 Å². The van der Waals surface area contributed by atoms with Crippen molar-refractivity contribution in [3.8, 4) is 0 Å². The second kappa shape index (κ2) is 10.5. The summed E-state index contributed by atoms with van der Waals surface area (Å²) < 4.78 is 12.0. The van der Waals surface area contributed by atoms with Crippen LogP contribution < -0.4 is 0 Å². The van der Waals surface area contributed by atoms with Gasteiger partial charge in [-0.3, -0.25) is 4.79 Å². The van der Waals surface area contributed by atoms with Crippen LogP contribution in [0, 0.1) is 50.2 Å². The molecule has 0 bridgehead atoms. The van der Waals surface area contributed by atoms with E-state index in [1.54, 1.807) is 0 Å². The Labute approximate surface area is 262 Å². The quantitative estimate of drug-likeness (QED) is 0.204. The molecule has 0 aromatic carbocycles. The van der Waals surface area contributed by atoms with Crippen LogP contribution in [0.5, 0.6) is 0 Å². The first-order valence-electron chi connectivity index (χ1n) is 17.0. The Hall–Kier alpha value is -1.07. The smallest absolute Gasteiger partial charge is 0.312 e. The number of hydrogen-bond acceptors (Lipinski definition) is 8. The minimum atomic E-state index is -1.38. The van der Waals surface area contributed by atoms with Gasteiger partial charge < -0.3 is 40.1 Å². The van der Waals surface area contributed by atoms with Crippen molar-refractivity contribution < 1.29 is 44.9 Å². The predicted molar refractivity (Wildman–Crippen MR) is 162 cm³/mol. The molecule has 1 saturated heterocycles. The molecular weight excluding hydrogens is 564 g/mol. The van der Waals surface area contributed by atoms with Crippen molar-refractivity contribution in [2.75, 3.05) is 13.2 Å². The van der Waals surface area contributed by atoms with Gasteiger partial charge in [-0.1, -0.05) is 53.2 Å². The Balaban J connectivity index is 1.34. The molecule has 6 N–H and O–H groups in total. The minimum absolute atomic E-state index is 0.00883. The lowest BCUT2D eigenvalue weighted by Crippen LogP contribution is -2.68. The van der Waals surface area contributed by atoms with E-state index < -0.39 is 53.6 Å². The van der Waals surface area contributed by atoms with Gasteiger partial charge in [0.25, 0.3) is 0 Å². The summed E-state index contributed by atoms with van der Waals surface area (Å²) in [6.07, 6.45) is 2.66. The first kappa shape index (κ1) is 32.9. The molecule has 5 aliphatic carbocycles. The van der Waals surface area contributed by atoms with Gasteiger partial charge in [0, 0.05) is 5.41 Å². The molecule has 0 spiro atoms. The van der Waals surface area contributed by atoms with Gasteiger partial charge >= 0.3 is 5.97 Å². The summed E-state index contributed by atoms with van der Waals surface area (Å²) in [4.78, 5) is 13.0. The van der Waals surface area contributed by atoms with Crippen molar-refractivity contribution in [2.45, 2.75) is 136 Å². The van der Waals surface area contributed by atoms with Gasteiger partial charge in [-0.15, -0.1) is 0 Å². The van der Waals surface area contributed by atoms with Crippen LogP contribution in [0.2, 0.25) is 0 Å². The molecule has 0 amide bonds. The van der Waals surface area contributed by atoms with E-state index in [2.05, 4.69) is 47.6 Å². The second-order valence-corrected chi connectivity index (χ2v) is 17.4. The number of carboxylic acid groups (broad SMARTS) is 1. The average molecular weight is 621 g/mol. The predicted octanol–water partition coefficient (Wildman–Crippen LogP) is 3.64. The van der Waals surface area contributed by atoms with Crippen molar-refractivity contribution in [3.05, 3.63) is 11.6 Å². The number of ether oxygens (including phenoxy) is 2. The molecule has 14 atom stereocenters. The fourth-order valence-electron chi connectivity index (χ4n) is 12.0. The normalized spacial score (nSPS) is 55.1. The average Bonchev–Trinajstić information content (AvgIpc) is 2.94. The van der Waals surface area contributed by atoms with Gasteiger partial charge in [0.2, 0.25) is 0 Å². The van der Waals surface area contributed by atoms with E-state index in [1.165, 1.54) is 5.57 Å². The lowest BCUT2D eigenvalue weighted by atomic mass is 9.33. The van der Waals surface area contributed by atoms with Crippen LogP contribution >= 0.6 is 0 Å². The second-order valence-electron chi connectivity index (χ2n) is 17.4. The number of carbonyl (C=O) groups is 1. The third kappa shape index (κ3) is 4.25. The maximum atomic E-state index is 13.0. The maximum absolute atomic E-state index is 13.0. The third-order valence-electron chi connectivity index (χ3n) is 14.9. The summed E-state index contributed by atoms with van der Waals surface area (Å²) >= 11 is 0. The molecule has 9 nitrogen and oxygen atoms in total. The van der Waals surface area contributed by atoms with E-state index >= 15 is 0 Å². The Morgan fingerprint density at radius 1 is 0.932 bits per heavy atom. The van der Waals surface area contributed by atoms with Crippen molar-refractivity contribution in [2.24, 2.45) is 50.2 Å². The molecule has 0 radical (unpaired) electrons. The standard InChI is InChI=1S/C35H56O9/c1-30(2)13-14-35(29(41)42)20(15-30)19-7-8-23-31(3)11-10-25(44-28-27(40)26(39)21(37)17-43-28)32(4,18-36)22(31)9-12-33(23,5)34(19,6)16-24(35)38/h7,20-28,36-40H,8-18H2,1-6H3,(H,41,42)/t20?,21-,22?,23?,24+,25-,26+,27+,28-,31-,32-,33+,34+,35+/m0/s1. The van der Waals surface area contributed by atoms with Gasteiger partial charge in [0.1, 0.15) is 23.7 Å². The topological polar surface area (TPSA) is 157 Å². The summed E-state index contributed by atoms with van der Waals surface area (Å²) in [6.45, 7) is 13.4. The summed E-state index contributed by atoms with van der Waals surface area (Å²) in [5.74, 6) is -0.665. The van der Waals surface area contributed by atoms with Gasteiger partial charge in [-0.05, 0) is 97.2 Å². The Morgan fingerprint density at radius 3 is 2.30 bits per heavy atom. The van der Waals surface area contributed by atoms with Crippen LogP contribution in [0.4, 0.5) is 0 Å². The molecule has 6 aliphatic rings. The third-order valence-corrected chi connectivity index (χ3v) is 14.9. The number of carboxylic acids is 1. The fourth-order valence-corrected chi connectivity index (χ4v) is 12.0. The van der Waals surface area contributed by atoms with Gasteiger partial charge in [0.15, 0.2) is 6.29 Å². The Morgan fingerprint density at radius 2 is 1.64 bits per heavy atom. The molecule has 0 aromatic rings. The number of aliphatic hydroxyl groups excluding tert-OH is 5. The number of rotatable bonds is 4. The first-order valence-corrected chi connectivity index (χ1v) is 17.0. The number of fused-ring (bicyclic) bond motifs is 7. The zero-order valence-electron chi connectivity index (χ0n) is 27.5. The molecule has 1 heterocycles. The van der Waals surface area contributed by atoms with Crippen molar-refractivity contribution in [1.82, 2.24) is 0 Å². The van der Waals surface area contributed by atoms with Crippen LogP contribution in [0.15, 0.2) is 11.6 Å². The summed E-state index contributed by atoms with van der Waals surface area (Å²) in [5.41, 5.74) is -1.15. The van der Waals surface area contributed by atoms with Gasteiger partial charge in [-0.25, -0.2) is 0 Å². The molecule has 6 rings (SSSR count). The fraction of sp³-hybridized carbons (Fsp3) is 0.914. The zero-order valence-corrected chi connectivity index (χ0v) is 27.5. The molecule has 3 unspecified atom stereocenters. The SMILES string of the molecule is CC1(C)CC[C@@]2(C(=O)O)C(C1)C1=CCC3[C@@]4(C)CC[C@H](O[C@@H]5OC[C@H](O)[C@@H](O)[C@H]5O)[C@@](C)(CO)C4CC[C@@]3(C)[C@]1(C)C[C@H]2O. The van der Waals surface area contributed by atoms with Crippen molar-refractivity contribution in [3.63, 3.8) is 0 Å². The molecular formula is C35H56O9. The Kier molecular flexibility index (Phi) is 7.81. The summed E-state index contributed by atoms with van der Waals surface area (Å²) in [6, 6.07) is 0. The van der Waals surface area contributed by atoms with E-state index in [0.717, 1.165) is 38.5 Å². The minimum Gasteiger partial charge on any atom is -0.481 e. The highest BCUT2D eigenvalue weighted by Gasteiger charge is 2.71. The molecule has 0 aromatic heterocycles. The number of aliphatic hydroxyl groups is 5. The highest BCUT2D eigenvalue weighted by Crippen LogP contribution is 2.76. The molecule has 44 heavy (non-hydrogen) atoms. The number of aliphatic carboxylic acids is 1. The van der Waals surface area contributed by atoms with Crippen molar-refractivity contribution in [1.29, 1.82) is 0 Å². The van der Waals surface area contributed by atoms with Crippen LogP contribution in [0.25, 0.3) is 0 Å². The van der Waals surface area contributed by atoms with Crippen LogP contribution in [0.1, 0.15) is 99.3 Å². The van der Waals surface area contributed by atoms with E-state index in [0.29, 0.717) is 19.3 Å². The molecule has 4 saturated carbocycles. The van der Waals surface area contributed by atoms with Crippen molar-refractivity contribution >= 4 is 5.97 Å². The van der Waals surface area contributed by atoms with E-state index in [-0.39, 0.29) is 52.6 Å². The molecule has 9 heteroatoms. The number of hydrogen-bond donors (Lipinski definition) is 6. The monoisotopic (exact) mass is 620 g/mol. The summed E-state index contributed by atoms with van der Waals surface area (Å²) in [5, 5.41) is 64.2. The highest BCUT2D eigenvalue weighted by atomic mass is 16.7. The summed E-state index contributed by atoms with van der Waals surface area (Å²) in [7, 11) is 0. The van der Waals surface area contributed by atoms with Gasteiger partial charge in [-0.2, -0.15) is 0 Å². The van der Waals surface area contributed by atoms with Gasteiger partial charge in [0.05, 0.1) is 25.4 Å².